The van der Waals surface area contributed by atoms with Crippen molar-refractivity contribution in [1.82, 2.24) is 4.57 Å². The average molecular weight is 174 g/mol. The third-order valence-electron chi connectivity index (χ3n) is 2.46. The Hall–Kier alpha value is -1.28. The van der Waals surface area contributed by atoms with Crippen LogP contribution in [0.1, 0.15) is 12.5 Å². The number of nitrogens with zero attached hydrogens (tertiary/aromatic N) is 1. The topological polar surface area (TPSA) is 30.9 Å². The van der Waals surface area contributed by atoms with Gasteiger partial charge in [0, 0.05) is 30.2 Å². The molecule has 68 valence electrons. The summed E-state index contributed by atoms with van der Waals surface area (Å²) in [6, 6.07) is 8.43. The van der Waals surface area contributed by atoms with Gasteiger partial charge in [-0.15, -0.1) is 0 Å². The molecule has 0 aliphatic rings. The standard InChI is InChI=1S/C11H14N2/c1-2-13-7-6-10-9(8-12)4-3-5-11(10)13/h3-7H,2,8,12H2,1H3. The Balaban J connectivity index is 2.72. The fourth-order valence-electron chi connectivity index (χ4n) is 1.74. The summed E-state index contributed by atoms with van der Waals surface area (Å²) in [7, 11) is 0. The number of rotatable bonds is 2. The highest BCUT2D eigenvalue weighted by molar-refractivity contribution is 5.83. The Labute approximate surface area is 78.0 Å². The minimum Gasteiger partial charge on any atom is -0.348 e. The minimum atomic E-state index is 0.616. The second kappa shape index (κ2) is 3.23. The highest BCUT2D eigenvalue weighted by Crippen LogP contribution is 2.19. The van der Waals surface area contributed by atoms with Crippen LogP contribution in [0.4, 0.5) is 0 Å². The first-order chi connectivity index (χ1) is 6.36. The van der Waals surface area contributed by atoms with E-state index in [0.717, 1.165) is 6.54 Å². The zero-order valence-corrected chi connectivity index (χ0v) is 7.83. The summed E-state index contributed by atoms with van der Waals surface area (Å²) in [4.78, 5) is 0. The number of hydrogen-bond acceptors (Lipinski definition) is 1. The SMILES string of the molecule is CCn1ccc2c(CN)cccc21. The van der Waals surface area contributed by atoms with Gasteiger partial charge in [-0.25, -0.2) is 0 Å². The van der Waals surface area contributed by atoms with Crippen LogP contribution < -0.4 is 5.73 Å². The molecule has 2 nitrogen and oxygen atoms in total. The summed E-state index contributed by atoms with van der Waals surface area (Å²) in [5.41, 5.74) is 8.17. The molecular weight excluding hydrogens is 160 g/mol. The van der Waals surface area contributed by atoms with E-state index in [4.69, 9.17) is 5.73 Å². The van der Waals surface area contributed by atoms with E-state index < -0.39 is 0 Å². The molecule has 1 aromatic carbocycles. The molecule has 1 heterocycles. The predicted molar refractivity (Wildman–Crippen MR) is 55.5 cm³/mol. The molecule has 2 heteroatoms. The van der Waals surface area contributed by atoms with Gasteiger partial charge in [-0.3, -0.25) is 0 Å². The lowest BCUT2D eigenvalue weighted by molar-refractivity contribution is 0.797. The molecule has 0 fully saturated rings. The first-order valence-electron chi connectivity index (χ1n) is 4.63. The smallest absolute Gasteiger partial charge is 0.0483 e. The van der Waals surface area contributed by atoms with Gasteiger partial charge in [-0.1, -0.05) is 12.1 Å². The molecule has 0 bridgehead atoms. The fourth-order valence-corrected chi connectivity index (χ4v) is 1.74. The van der Waals surface area contributed by atoms with Gasteiger partial charge in [0.05, 0.1) is 0 Å². The van der Waals surface area contributed by atoms with Crippen molar-refractivity contribution in [1.29, 1.82) is 0 Å². The van der Waals surface area contributed by atoms with Gasteiger partial charge in [-0.2, -0.15) is 0 Å². The normalized spacial score (nSPS) is 10.9. The predicted octanol–water partition coefficient (Wildman–Crippen LogP) is 2.12. The second-order valence-corrected chi connectivity index (χ2v) is 3.16. The van der Waals surface area contributed by atoms with Crippen molar-refractivity contribution in [2.75, 3.05) is 0 Å². The Kier molecular flexibility index (Phi) is 2.07. The Bertz CT molecular complexity index is 415. The van der Waals surface area contributed by atoms with E-state index in [0.29, 0.717) is 6.54 Å². The number of nitrogens with two attached hydrogens (primary N) is 1. The van der Waals surface area contributed by atoms with Crippen LogP contribution in [0, 0.1) is 0 Å². The molecule has 2 N–H and O–H groups in total. The van der Waals surface area contributed by atoms with E-state index in [2.05, 4.69) is 42.0 Å². The van der Waals surface area contributed by atoms with Crippen LogP contribution in [-0.2, 0) is 13.1 Å². The number of benzene rings is 1. The molecule has 2 rings (SSSR count). The zero-order chi connectivity index (χ0) is 9.26. The maximum Gasteiger partial charge on any atom is 0.0483 e. The van der Waals surface area contributed by atoms with Gasteiger partial charge in [0.1, 0.15) is 0 Å². The molecule has 0 saturated carbocycles. The number of hydrogen-bond donors (Lipinski definition) is 1. The van der Waals surface area contributed by atoms with Crippen LogP contribution in [0.15, 0.2) is 30.5 Å². The van der Waals surface area contributed by atoms with E-state index in [1.54, 1.807) is 0 Å². The molecule has 0 amide bonds. The minimum absolute atomic E-state index is 0.616. The van der Waals surface area contributed by atoms with Crippen LogP contribution in [0.2, 0.25) is 0 Å². The summed E-state index contributed by atoms with van der Waals surface area (Å²) in [6.07, 6.45) is 2.11. The van der Waals surface area contributed by atoms with E-state index in [-0.39, 0.29) is 0 Å². The van der Waals surface area contributed by atoms with Crippen molar-refractivity contribution in [2.45, 2.75) is 20.0 Å². The summed E-state index contributed by atoms with van der Waals surface area (Å²) in [5.74, 6) is 0. The maximum atomic E-state index is 5.66. The first-order valence-corrected chi connectivity index (χ1v) is 4.63. The molecule has 0 aliphatic heterocycles. The van der Waals surface area contributed by atoms with Crippen molar-refractivity contribution in [3.8, 4) is 0 Å². The lowest BCUT2D eigenvalue weighted by atomic mass is 10.1. The Morgan fingerprint density at radius 1 is 1.31 bits per heavy atom. The number of fused-ring (bicyclic) bond motifs is 1. The van der Waals surface area contributed by atoms with Crippen molar-refractivity contribution in [3.63, 3.8) is 0 Å². The summed E-state index contributed by atoms with van der Waals surface area (Å²) >= 11 is 0. The quantitative estimate of drug-likeness (QED) is 0.742. The molecule has 2 aromatic rings. The molecule has 0 atom stereocenters. The Morgan fingerprint density at radius 2 is 2.15 bits per heavy atom. The fraction of sp³-hybridized carbons (Fsp3) is 0.273. The molecule has 0 unspecified atom stereocenters. The van der Waals surface area contributed by atoms with E-state index in [1.165, 1.54) is 16.5 Å². The van der Waals surface area contributed by atoms with Crippen LogP contribution in [0.25, 0.3) is 10.9 Å². The highest BCUT2D eigenvalue weighted by atomic mass is 14.9. The van der Waals surface area contributed by atoms with E-state index in [9.17, 15) is 0 Å². The van der Waals surface area contributed by atoms with Crippen LogP contribution in [0.3, 0.4) is 0 Å². The van der Waals surface area contributed by atoms with Crippen LogP contribution >= 0.6 is 0 Å². The first kappa shape index (κ1) is 8.32. The van der Waals surface area contributed by atoms with Crippen molar-refractivity contribution in [2.24, 2.45) is 5.73 Å². The van der Waals surface area contributed by atoms with Gasteiger partial charge < -0.3 is 10.3 Å². The van der Waals surface area contributed by atoms with Crippen molar-refractivity contribution in [3.05, 3.63) is 36.0 Å². The van der Waals surface area contributed by atoms with E-state index >= 15 is 0 Å². The van der Waals surface area contributed by atoms with Crippen LogP contribution in [0.5, 0.6) is 0 Å². The summed E-state index contributed by atoms with van der Waals surface area (Å²) in [6.45, 7) is 3.77. The van der Waals surface area contributed by atoms with Crippen molar-refractivity contribution < 1.29 is 0 Å². The zero-order valence-electron chi connectivity index (χ0n) is 7.83. The van der Waals surface area contributed by atoms with E-state index in [1.807, 2.05) is 0 Å². The molecular formula is C11H14N2. The van der Waals surface area contributed by atoms with Gasteiger partial charge in [0.15, 0.2) is 0 Å². The number of aromatic nitrogens is 1. The molecule has 0 saturated heterocycles. The largest absolute Gasteiger partial charge is 0.348 e. The van der Waals surface area contributed by atoms with Gasteiger partial charge >= 0.3 is 0 Å². The summed E-state index contributed by atoms with van der Waals surface area (Å²) < 4.78 is 2.23. The number of aryl methyl sites for hydroxylation is 1. The Morgan fingerprint density at radius 3 is 2.85 bits per heavy atom. The van der Waals surface area contributed by atoms with Crippen molar-refractivity contribution >= 4 is 10.9 Å². The lowest BCUT2D eigenvalue weighted by Gasteiger charge is -2.02. The molecule has 0 radical (unpaired) electrons. The maximum absolute atomic E-state index is 5.66. The monoisotopic (exact) mass is 174 g/mol. The third kappa shape index (κ3) is 1.23. The molecule has 1 aromatic heterocycles. The second-order valence-electron chi connectivity index (χ2n) is 3.16. The highest BCUT2D eigenvalue weighted by Gasteiger charge is 2.01. The van der Waals surface area contributed by atoms with Gasteiger partial charge in [0.25, 0.3) is 0 Å². The third-order valence-corrected chi connectivity index (χ3v) is 2.46. The molecule has 0 spiro atoms. The van der Waals surface area contributed by atoms with Crippen LogP contribution in [-0.4, -0.2) is 4.57 Å². The van der Waals surface area contributed by atoms with Gasteiger partial charge in [-0.05, 0) is 24.6 Å². The summed E-state index contributed by atoms with van der Waals surface area (Å²) in [5, 5.41) is 1.28. The van der Waals surface area contributed by atoms with Gasteiger partial charge in [0.2, 0.25) is 0 Å². The molecule has 13 heavy (non-hydrogen) atoms. The molecule has 0 aliphatic carbocycles. The lowest BCUT2D eigenvalue weighted by Crippen LogP contribution is -1.97. The average Bonchev–Trinajstić information content (AvgIpc) is 2.60.